The highest BCUT2D eigenvalue weighted by Gasteiger charge is 2.18. The maximum Gasteiger partial charge on any atom is 0.150 e. The van der Waals surface area contributed by atoms with E-state index >= 15 is 0 Å². The van der Waals surface area contributed by atoms with Crippen LogP contribution >= 0.6 is 11.3 Å². The second-order valence-corrected chi connectivity index (χ2v) is 15.3. The molecule has 0 bridgehead atoms. The molecule has 2 aliphatic carbocycles. The number of nitrogens with zero attached hydrogens (tertiary/aromatic N) is 4. The Morgan fingerprint density at radius 3 is 2.49 bits per heavy atom. The molecule has 0 saturated carbocycles. The van der Waals surface area contributed by atoms with E-state index in [1.807, 2.05) is 0 Å². The summed E-state index contributed by atoms with van der Waals surface area (Å²) < 4.78 is 3.61. The van der Waals surface area contributed by atoms with Crippen molar-refractivity contribution in [2.75, 3.05) is 0 Å². The SMILES string of the molecule is C1=CCCC(C(=N/Cc2ccc3ccc(-c4ccc(-n5c6ccccc6c6cccc(-c7nc8ccccc8s7)c65)cc4)cc3c2)/N=C/C2C=CC=CC2)=C1. The summed E-state index contributed by atoms with van der Waals surface area (Å²) in [5.74, 6) is 1.16. The predicted octanol–water partition coefficient (Wildman–Crippen LogP) is 13.3. The number of allylic oxidation sites excluding steroid dienone is 7. The van der Waals surface area contributed by atoms with Crippen molar-refractivity contribution in [2.45, 2.75) is 25.8 Å². The van der Waals surface area contributed by atoms with Gasteiger partial charge in [0.2, 0.25) is 0 Å². The molecule has 0 amide bonds. The minimum atomic E-state index is 0.312. The first kappa shape index (κ1) is 33.2. The Bertz CT molecular complexity index is 2900. The molecule has 0 saturated heterocycles. The van der Waals surface area contributed by atoms with Gasteiger partial charge in [-0.3, -0.25) is 4.99 Å². The van der Waals surface area contributed by atoms with E-state index in [1.165, 1.54) is 59.5 Å². The Balaban J connectivity index is 0.978. The Hall–Kier alpha value is -6.43. The van der Waals surface area contributed by atoms with Gasteiger partial charge in [-0.15, -0.1) is 11.3 Å². The van der Waals surface area contributed by atoms with Crippen molar-refractivity contribution in [2.24, 2.45) is 15.9 Å². The number of rotatable bonds is 7. The van der Waals surface area contributed by atoms with Crippen LogP contribution in [0.1, 0.15) is 24.8 Å². The summed E-state index contributed by atoms with van der Waals surface area (Å²) in [6.45, 7) is 0.584. The average Bonchev–Trinajstić information content (AvgIpc) is 3.84. The lowest BCUT2D eigenvalue weighted by molar-refractivity contribution is 0.887. The fraction of sp³-hybridized carbons (Fsp3) is 0.100. The van der Waals surface area contributed by atoms with E-state index in [0.29, 0.717) is 12.5 Å². The van der Waals surface area contributed by atoms with Crippen molar-refractivity contribution in [1.82, 2.24) is 9.55 Å². The fourth-order valence-corrected chi connectivity index (χ4v) is 8.87. The van der Waals surface area contributed by atoms with E-state index in [-0.39, 0.29) is 0 Å². The lowest BCUT2D eigenvalue weighted by Crippen LogP contribution is -2.06. The Morgan fingerprint density at radius 2 is 1.62 bits per heavy atom. The molecule has 0 fully saturated rings. The van der Waals surface area contributed by atoms with Crippen molar-refractivity contribution in [3.05, 3.63) is 181 Å². The van der Waals surface area contributed by atoms with Gasteiger partial charge < -0.3 is 4.57 Å². The van der Waals surface area contributed by atoms with E-state index < -0.39 is 0 Å². The quantitative estimate of drug-likeness (QED) is 0.119. The number of thiazole rings is 1. The van der Waals surface area contributed by atoms with Gasteiger partial charge in [0, 0.05) is 34.2 Å². The number of hydrogen-bond donors (Lipinski definition) is 0. The summed E-state index contributed by atoms with van der Waals surface area (Å²) in [6.07, 6.45) is 20.1. The number of aromatic nitrogens is 2. The highest BCUT2D eigenvalue weighted by Crippen LogP contribution is 2.40. The zero-order chi connectivity index (χ0) is 36.6. The molecule has 1 unspecified atom stereocenters. The third kappa shape index (κ3) is 6.47. The summed E-state index contributed by atoms with van der Waals surface area (Å²) in [7, 11) is 0. The Labute approximate surface area is 324 Å². The third-order valence-electron chi connectivity index (χ3n) is 10.7. The molecule has 10 rings (SSSR count). The van der Waals surface area contributed by atoms with Crippen LogP contribution in [0.3, 0.4) is 0 Å². The molecule has 0 spiro atoms. The van der Waals surface area contributed by atoms with Crippen molar-refractivity contribution >= 4 is 66.2 Å². The molecular formula is C50H38N4S. The monoisotopic (exact) mass is 726 g/mol. The summed E-state index contributed by atoms with van der Waals surface area (Å²) in [4.78, 5) is 15.1. The van der Waals surface area contributed by atoms with Crippen LogP contribution in [0, 0.1) is 5.92 Å². The lowest BCUT2D eigenvalue weighted by atomic mass is 9.99. The van der Waals surface area contributed by atoms with E-state index in [9.17, 15) is 0 Å². The summed E-state index contributed by atoms with van der Waals surface area (Å²) in [5, 5.41) is 5.94. The molecular weight excluding hydrogens is 689 g/mol. The lowest BCUT2D eigenvalue weighted by Gasteiger charge is -2.12. The molecule has 4 nitrogen and oxygen atoms in total. The molecule has 264 valence electrons. The molecule has 0 aliphatic heterocycles. The number of fused-ring (bicyclic) bond motifs is 5. The number of amidine groups is 1. The minimum absolute atomic E-state index is 0.312. The maximum atomic E-state index is 5.07. The van der Waals surface area contributed by atoms with Crippen LogP contribution in [0.2, 0.25) is 0 Å². The largest absolute Gasteiger partial charge is 0.309 e. The molecule has 5 heteroatoms. The standard InChI is InChI=1S/C50H38N4S/c1-3-12-34(13-4-1)32-51-49(38-14-5-2-6-15-38)52-33-35-22-23-37-24-25-39(31-40(37)30-35)36-26-28-41(29-27-36)54-46-20-9-7-16-42(46)43-17-11-18-44(48(43)54)50-53-45-19-8-10-21-47(45)55-50/h1-5,7-12,14,16-32,34H,6,13,15,33H2/b51-32+,52-49-. The number of hydrogen-bond acceptors (Lipinski definition) is 3. The van der Waals surface area contributed by atoms with Crippen LogP contribution in [0.5, 0.6) is 0 Å². The minimum Gasteiger partial charge on any atom is -0.309 e. The number of benzene rings is 6. The van der Waals surface area contributed by atoms with Crippen molar-refractivity contribution in [1.29, 1.82) is 0 Å². The van der Waals surface area contributed by atoms with E-state index in [0.717, 1.165) is 46.9 Å². The van der Waals surface area contributed by atoms with Gasteiger partial charge in [0.15, 0.2) is 0 Å². The fourth-order valence-electron chi connectivity index (χ4n) is 7.88. The van der Waals surface area contributed by atoms with Gasteiger partial charge in [0.05, 0.1) is 27.8 Å². The van der Waals surface area contributed by atoms with Crippen molar-refractivity contribution in [3.63, 3.8) is 0 Å². The molecule has 0 N–H and O–H groups in total. The second-order valence-electron chi connectivity index (χ2n) is 14.3. The summed E-state index contributed by atoms with van der Waals surface area (Å²) >= 11 is 1.75. The molecule has 8 aromatic rings. The van der Waals surface area contributed by atoms with Gasteiger partial charge in [0.25, 0.3) is 0 Å². The van der Waals surface area contributed by atoms with Crippen molar-refractivity contribution in [3.8, 4) is 27.4 Å². The Morgan fingerprint density at radius 1 is 0.764 bits per heavy atom. The first-order chi connectivity index (χ1) is 27.2. The predicted molar refractivity (Wildman–Crippen MR) is 235 cm³/mol. The topological polar surface area (TPSA) is 42.5 Å². The molecule has 2 heterocycles. The van der Waals surface area contributed by atoms with Gasteiger partial charge >= 0.3 is 0 Å². The van der Waals surface area contributed by atoms with Crippen LogP contribution < -0.4 is 0 Å². The van der Waals surface area contributed by atoms with Crippen molar-refractivity contribution < 1.29 is 0 Å². The van der Waals surface area contributed by atoms with E-state index in [4.69, 9.17) is 15.0 Å². The zero-order valence-corrected chi connectivity index (χ0v) is 31.2. The van der Waals surface area contributed by atoms with Gasteiger partial charge in [0.1, 0.15) is 10.8 Å². The molecule has 0 radical (unpaired) electrons. The smallest absolute Gasteiger partial charge is 0.150 e. The van der Waals surface area contributed by atoms with Gasteiger partial charge in [-0.25, -0.2) is 9.98 Å². The molecule has 6 aromatic carbocycles. The normalized spacial score (nSPS) is 16.0. The van der Waals surface area contributed by atoms with Gasteiger partial charge in [-0.05, 0) is 101 Å². The Kier molecular flexibility index (Phi) is 8.70. The van der Waals surface area contributed by atoms with Crippen LogP contribution in [0.15, 0.2) is 185 Å². The number of para-hydroxylation sites is 3. The second kappa shape index (κ2) is 14.4. The molecule has 2 aromatic heterocycles. The maximum absolute atomic E-state index is 5.07. The van der Waals surface area contributed by atoms with E-state index in [2.05, 4.69) is 181 Å². The molecule has 1 atom stereocenters. The zero-order valence-electron chi connectivity index (χ0n) is 30.3. The summed E-state index contributed by atoms with van der Waals surface area (Å²) in [6, 6.07) is 46.2. The highest BCUT2D eigenvalue weighted by atomic mass is 32.1. The first-order valence-corrected chi connectivity index (χ1v) is 19.9. The first-order valence-electron chi connectivity index (χ1n) is 19.0. The third-order valence-corrected chi connectivity index (χ3v) is 11.8. The van der Waals surface area contributed by atoms with Gasteiger partial charge in [-0.1, -0.05) is 121 Å². The van der Waals surface area contributed by atoms with E-state index in [1.54, 1.807) is 11.3 Å². The molecule has 2 aliphatic rings. The van der Waals surface area contributed by atoms with Crippen LogP contribution in [0.4, 0.5) is 0 Å². The molecule has 55 heavy (non-hydrogen) atoms. The average molecular weight is 727 g/mol. The highest BCUT2D eigenvalue weighted by molar-refractivity contribution is 7.21. The van der Waals surface area contributed by atoms with Crippen LogP contribution in [-0.2, 0) is 6.54 Å². The van der Waals surface area contributed by atoms with Crippen LogP contribution in [0.25, 0.3) is 70.2 Å². The van der Waals surface area contributed by atoms with Crippen LogP contribution in [-0.4, -0.2) is 21.6 Å². The summed E-state index contributed by atoms with van der Waals surface area (Å²) in [5.41, 5.74) is 10.4. The number of aliphatic imine (C=N–C) groups is 2. The van der Waals surface area contributed by atoms with Gasteiger partial charge in [-0.2, -0.15) is 0 Å².